The molecule has 0 amide bonds. The molecule has 0 fully saturated rings. The van der Waals surface area contributed by atoms with Crippen LogP contribution in [0.2, 0.25) is 0 Å². The molecule has 0 atom stereocenters. The van der Waals surface area contributed by atoms with Crippen molar-refractivity contribution in [3.8, 4) is 45.3 Å². The molecule has 0 saturated heterocycles. The standard InChI is InChI=1S/C47H27N3O2/c1-2-10-30(11-3-1)45-48-46(33-20-19-29-18-17-28-9-4-5-12-34(28)38(29)26-33)50-47(49-45)37-14-8-16-42-44(37)39-25-31(22-24-41(39)51-42)32-21-23-36-35-13-6-7-15-40(35)52-43(36)27-32/h1-27H. The highest BCUT2D eigenvalue weighted by Crippen LogP contribution is 2.40. The Balaban J connectivity index is 1.11. The van der Waals surface area contributed by atoms with Gasteiger partial charge in [0, 0.05) is 38.2 Å². The zero-order chi connectivity index (χ0) is 34.2. The summed E-state index contributed by atoms with van der Waals surface area (Å²) in [6.07, 6.45) is 0. The van der Waals surface area contributed by atoms with E-state index >= 15 is 0 Å². The van der Waals surface area contributed by atoms with Gasteiger partial charge in [-0.1, -0.05) is 121 Å². The fourth-order valence-corrected chi connectivity index (χ4v) is 7.58. The first-order chi connectivity index (χ1) is 25.7. The minimum Gasteiger partial charge on any atom is -0.456 e. The summed E-state index contributed by atoms with van der Waals surface area (Å²) in [5, 5.41) is 8.91. The van der Waals surface area contributed by atoms with E-state index in [9.17, 15) is 0 Å². The number of nitrogens with zero attached hydrogens (tertiary/aromatic N) is 3. The Kier molecular flexibility index (Phi) is 6.18. The van der Waals surface area contributed by atoms with Gasteiger partial charge in [0.15, 0.2) is 17.5 Å². The van der Waals surface area contributed by atoms with E-state index in [2.05, 4.69) is 97.1 Å². The van der Waals surface area contributed by atoms with E-state index in [0.717, 1.165) is 77.1 Å². The van der Waals surface area contributed by atoms with E-state index in [4.69, 9.17) is 23.8 Å². The van der Waals surface area contributed by atoms with E-state index in [1.54, 1.807) is 0 Å². The van der Waals surface area contributed by atoms with E-state index in [0.29, 0.717) is 17.5 Å². The number of benzene rings is 8. The Morgan fingerprint density at radius 1 is 0.308 bits per heavy atom. The average molecular weight is 666 g/mol. The lowest BCUT2D eigenvalue weighted by Gasteiger charge is -2.11. The van der Waals surface area contributed by atoms with Crippen molar-refractivity contribution in [2.75, 3.05) is 0 Å². The van der Waals surface area contributed by atoms with Gasteiger partial charge in [0.25, 0.3) is 0 Å². The van der Waals surface area contributed by atoms with E-state index in [1.807, 2.05) is 66.7 Å². The molecular weight excluding hydrogens is 639 g/mol. The largest absolute Gasteiger partial charge is 0.456 e. The lowest BCUT2D eigenvalue weighted by atomic mass is 9.99. The van der Waals surface area contributed by atoms with Crippen LogP contribution < -0.4 is 0 Å². The van der Waals surface area contributed by atoms with Crippen molar-refractivity contribution in [1.82, 2.24) is 15.0 Å². The third-order valence-corrected chi connectivity index (χ3v) is 10.1. The molecule has 0 unspecified atom stereocenters. The van der Waals surface area contributed by atoms with Gasteiger partial charge in [0.1, 0.15) is 22.3 Å². The first-order valence-corrected chi connectivity index (χ1v) is 17.3. The molecule has 0 radical (unpaired) electrons. The molecule has 0 spiro atoms. The summed E-state index contributed by atoms with van der Waals surface area (Å²) in [7, 11) is 0. The Morgan fingerprint density at radius 3 is 1.81 bits per heavy atom. The molecule has 242 valence electrons. The van der Waals surface area contributed by atoms with Crippen molar-refractivity contribution in [2.24, 2.45) is 0 Å². The molecule has 3 heterocycles. The van der Waals surface area contributed by atoms with Crippen LogP contribution >= 0.6 is 0 Å². The van der Waals surface area contributed by atoms with Gasteiger partial charge in [0.05, 0.1) is 0 Å². The van der Waals surface area contributed by atoms with Crippen molar-refractivity contribution in [1.29, 1.82) is 0 Å². The van der Waals surface area contributed by atoms with Crippen LogP contribution in [0.15, 0.2) is 173 Å². The summed E-state index contributed by atoms with van der Waals surface area (Å²) < 4.78 is 12.7. The summed E-state index contributed by atoms with van der Waals surface area (Å²) in [6.45, 7) is 0. The molecule has 5 nitrogen and oxygen atoms in total. The zero-order valence-corrected chi connectivity index (χ0v) is 27.7. The van der Waals surface area contributed by atoms with Crippen LogP contribution in [0.5, 0.6) is 0 Å². The highest BCUT2D eigenvalue weighted by molar-refractivity contribution is 6.13. The maximum Gasteiger partial charge on any atom is 0.164 e. The Bertz CT molecular complexity index is 3190. The van der Waals surface area contributed by atoms with Gasteiger partial charge in [0.2, 0.25) is 0 Å². The van der Waals surface area contributed by atoms with Gasteiger partial charge < -0.3 is 8.83 Å². The van der Waals surface area contributed by atoms with Gasteiger partial charge in [-0.05, 0) is 75.1 Å². The summed E-state index contributed by atoms with van der Waals surface area (Å²) in [5.41, 5.74) is 8.20. The van der Waals surface area contributed by atoms with Crippen LogP contribution in [0, 0.1) is 0 Å². The van der Waals surface area contributed by atoms with Crippen LogP contribution in [0.4, 0.5) is 0 Å². The maximum absolute atomic E-state index is 6.44. The summed E-state index contributed by atoms with van der Waals surface area (Å²) in [5.74, 6) is 1.82. The van der Waals surface area contributed by atoms with Crippen LogP contribution in [0.3, 0.4) is 0 Å². The SMILES string of the molecule is c1ccc(-c2nc(-c3ccc4ccc5ccccc5c4c3)nc(-c3cccc4oc5ccc(-c6ccc7c(c6)oc6ccccc67)cc5c34)n2)cc1. The van der Waals surface area contributed by atoms with Gasteiger partial charge in [-0.25, -0.2) is 15.0 Å². The van der Waals surface area contributed by atoms with Crippen LogP contribution in [0.25, 0.3) is 111 Å². The number of hydrogen-bond acceptors (Lipinski definition) is 5. The summed E-state index contributed by atoms with van der Waals surface area (Å²) >= 11 is 0. The molecule has 11 rings (SSSR count). The summed E-state index contributed by atoms with van der Waals surface area (Å²) in [6, 6.07) is 56.4. The number of rotatable bonds is 4. The van der Waals surface area contributed by atoms with E-state index in [1.165, 1.54) is 16.2 Å². The minimum absolute atomic E-state index is 0.587. The molecule has 0 aliphatic carbocycles. The van der Waals surface area contributed by atoms with E-state index in [-0.39, 0.29) is 0 Å². The highest BCUT2D eigenvalue weighted by atomic mass is 16.3. The van der Waals surface area contributed by atoms with Gasteiger partial charge in [-0.2, -0.15) is 0 Å². The maximum atomic E-state index is 6.44. The molecule has 0 saturated carbocycles. The van der Waals surface area contributed by atoms with Crippen LogP contribution in [0.1, 0.15) is 0 Å². The molecule has 0 aliphatic heterocycles. The molecule has 8 aromatic carbocycles. The Morgan fingerprint density at radius 2 is 0.904 bits per heavy atom. The second-order valence-corrected chi connectivity index (χ2v) is 13.2. The first-order valence-electron chi connectivity index (χ1n) is 17.3. The number of para-hydroxylation sites is 1. The molecule has 0 aliphatic rings. The highest BCUT2D eigenvalue weighted by Gasteiger charge is 2.19. The van der Waals surface area contributed by atoms with Crippen LogP contribution in [-0.2, 0) is 0 Å². The molecular formula is C47H27N3O2. The molecule has 52 heavy (non-hydrogen) atoms. The van der Waals surface area contributed by atoms with Crippen molar-refractivity contribution < 1.29 is 8.83 Å². The normalized spacial score (nSPS) is 11.8. The lowest BCUT2D eigenvalue weighted by Crippen LogP contribution is -2.00. The minimum atomic E-state index is 0.587. The lowest BCUT2D eigenvalue weighted by molar-refractivity contribution is 0.669. The first kappa shape index (κ1) is 28.7. The average Bonchev–Trinajstić information content (AvgIpc) is 3.78. The summed E-state index contributed by atoms with van der Waals surface area (Å²) in [4.78, 5) is 15.3. The third kappa shape index (κ3) is 4.53. The molecule has 5 heteroatoms. The van der Waals surface area contributed by atoms with Crippen molar-refractivity contribution in [3.63, 3.8) is 0 Å². The van der Waals surface area contributed by atoms with Gasteiger partial charge >= 0.3 is 0 Å². The van der Waals surface area contributed by atoms with Crippen molar-refractivity contribution in [2.45, 2.75) is 0 Å². The monoisotopic (exact) mass is 665 g/mol. The third-order valence-electron chi connectivity index (χ3n) is 10.1. The van der Waals surface area contributed by atoms with Gasteiger partial charge in [-0.3, -0.25) is 0 Å². The Labute approximate surface area is 297 Å². The second-order valence-electron chi connectivity index (χ2n) is 13.2. The smallest absolute Gasteiger partial charge is 0.164 e. The molecule has 0 N–H and O–H groups in total. The fraction of sp³-hybridized carbons (Fsp3) is 0. The van der Waals surface area contributed by atoms with Crippen molar-refractivity contribution in [3.05, 3.63) is 164 Å². The Hall–Kier alpha value is -7.11. The molecule has 0 bridgehead atoms. The number of furan rings is 2. The van der Waals surface area contributed by atoms with Crippen LogP contribution in [-0.4, -0.2) is 15.0 Å². The molecule has 3 aromatic heterocycles. The van der Waals surface area contributed by atoms with Gasteiger partial charge in [-0.15, -0.1) is 0 Å². The topological polar surface area (TPSA) is 65.0 Å². The zero-order valence-electron chi connectivity index (χ0n) is 27.7. The quantitative estimate of drug-likeness (QED) is 0.175. The van der Waals surface area contributed by atoms with E-state index < -0.39 is 0 Å². The predicted octanol–water partition coefficient (Wildman–Crippen LogP) is 12.6. The predicted molar refractivity (Wildman–Crippen MR) is 211 cm³/mol. The fourth-order valence-electron chi connectivity index (χ4n) is 7.58. The van der Waals surface area contributed by atoms with Crippen molar-refractivity contribution >= 4 is 65.4 Å². The second kappa shape index (κ2) is 11.2. The number of fused-ring (bicyclic) bond motifs is 9. The number of hydrogen-bond donors (Lipinski definition) is 0. The number of aromatic nitrogens is 3. The molecule has 11 aromatic rings.